The van der Waals surface area contributed by atoms with Gasteiger partial charge in [0, 0.05) is 0 Å². The molecule has 17 heavy (non-hydrogen) atoms. The molecule has 0 bridgehead atoms. The monoisotopic (exact) mass is 236 g/mol. The molecule has 0 aliphatic carbocycles. The van der Waals surface area contributed by atoms with E-state index < -0.39 is 18.3 Å². The summed E-state index contributed by atoms with van der Waals surface area (Å²) in [6.45, 7) is 0. The minimum Gasteiger partial charge on any atom is -0.481 e. The van der Waals surface area contributed by atoms with Gasteiger partial charge in [-0.15, -0.1) is 0 Å². The highest BCUT2D eigenvalue weighted by Gasteiger charge is 2.29. The number of rotatable bonds is 3. The van der Waals surface area contributed by atoms with E-state index in [2.05, 4.69) is 0 Å². The summed E-state index contributed by atoms with van der Waals surface area (Å²) < 4.78 is 25.3. The first-order valence-corrected chi connectivity index (χ1v) is 5.09. The maximum absolute atomic E-state index is 12.7. The maximum Gasteiger partial charge on any atom is 0.316 e. The average molecular weight is 236 g/mol. The lowest BCUT2D eigenvalue weighted by atomic mass is 9.97. The fourth-order valence-corrected chi connectivity index (χ4v) is 1.80. The van der Waals surface area contributed by atoms with Crippen LogP contribution in [-0.2, 0) is 4.79 Å². The molecule has 2 rings (SSSR count). The summed E-state index contributed by atoms with van der Waals surface area (Å²) in [6.07, 6.45) is -2.91. The van der Waals surface area contributed by atoms with E-state index in [4.69, 9.17) is 5.11 Å². The zero-order chi connectivity index (χ0) is 12.4. The zero-order valence-corrected chi connectivity index (χ0v) is 8.81. The lowest BCUT2D eigenvalue weighted by Gasteiger charge is -2.12. The fraction of sp³-hybridized carbons (Fsp3) is 0.154. The summed E-state index contributed by atoms with van der Waals surface area (Å²) >= 11 is 0. The van der Waals surface area contributed by atoms with Crippen molar-refractivity contribution >= 4 is 16.7 Å². The van der Waals surface area contributed by atoms with E-state index in [1.54, 1.807) is 18.2 Å². The van der Waals surface area contributed by atoms with Crippen LogP contribution in [0.2, 0.25) is 0 Å². The predicted octanol–water partition coefficient (Wildman–Crippen LogP) is 3.27. The second-order valence-corrected chi connectivity index (χ2v) is 3.76. The highest BCUT2D eigenvalue weighted by molar-refractivity contribution is 5.85. The van der Waals surface area contributed by atoms with Crippen molar-refractivity contribution in [2.24, 2.45) is 0 Å². The molecule has 1 atom stereocenters. The number of carbonyl (C=O) groups is 1. The molecule has 1 N–H and O–H groups in total. The van der Waals surface area contributed by atoms with Crippen LogP contribution in [0.4, 0.5) is 8.78 Å². The molecule has 0 fully saturated rings. The van der Waals surface area contributed by atoms with Crippen molar-refractivity contribution < 1.29 is 18.7 Å². The Hall–Kier alpha value is -1.97. The van der Waals surface area contributed by atoms with Crippen molar-refractivity contribution in [1.29, 1.82) is 0 Å². The van der Waals surface area contributed by atoms with Crippen LogP contribution < -0.4 is 0 Å². The van der Waals surface area contributed by atoms with Crippen LogP contribution in [0, 0.1) is 0 Å². The summed E-state index contributed by atoms with van der Waals surface area (Å²) in [5, 5.41) is 10.4. The van der Waals surface area contributed by atoms with Gasteiger partial charge in [-0.25, -0.2) is 8.78 Å². The van der Waals surface area contributed by atoms with Crippen LogP contribution in [0.25, 0.3) is 10.8 Å². The highest BCUT2D eigenvalue weighted by atomic mass is 19.3. The van der Waals surface area contributed by atoms with Gasteiger partial charge in [-0.1, -0.05) is 42.5 Å². The molecule has 0 aromatic heterocycles. The number of hydrogen-bond donors (Lipinski definition) is 1. The first-order chi connectivity index (χ1) is 8.09. The van der Waals surface area contributed by atoms with E-state index in [9.17, 15) is 13.6 Å². The van der Waals surface area contributed by atoms with Crippen LogP contribution in [-0.4, -0.2) is 17.5 Å². The Morgan fingerprint density at radius 3 is 2.29 bits per heavy atom. The largest absolute Gasteiger partial charge is 0.481 e. The minimum atomic E-state index is -2.91. The molecule has 2 aromatic rings. The van der Waals surface area contributed by atoms with Gasteiger partial charge in [0.05, 0.1) is 0 Å². The molecule has 2 aromatic carbocycles. The van der Waals surface area contributed by atoms with Crippen LogP contribution >= 0.6 is 0 Å². The van der Waals surface area contributed by atoms with Gasteiger partial charge in [0.2, 0.25) is 0 Å². The van der Waals surface area contributed by atoms with Gasteiger partial charge in [0.1, 0.15) is 5.92 Å². The van der Waals surface area contributed by atoms with Crippen molar-refractivity contribution in [3.63, 3.8) is 0 Å². The molecule has 0 saturated heterocycles. The second kappa shape index (κ2) is 4.49. The molecule has 0 spiro atoms. The normalized spacial score (nSPS) is 12.9. The van der Waals surface area contributed by atoms with Gasteiger partial charge in [-0.2, -0.15) is 0 Å². The Balaban J connectivity index is 2.51. The van der Waals surface area contributed by atoms with Crippen molar-refractivity contribution in [3.8, 4) is 0 Å². The third-order valence-electron chi connectivity index (χ3n) is 2.65. The van der Waals surface area contributed by atoms with Crippen molar-refractivity contribution in [1.82, 2.24) is 0 Å². The van der Waals surface area contributed by atoms with Gasteiger partial charge in [0.15, 0.2) is 0 Å². The highest BCUT2D eigenvalue weighted by Crippen LogP contribution is 2.26. The first-order valence-electron chi connectivity index (χ1n) is 5.09. The first kappa shape index (κ1) is 11.5. The number of carboxylic acids is 1. The Labute approximate surface area is 96.5 Å². The zero-order valence-electron chi connectivity index (χ0n) is 8.81. The summed E-state index contributed by atoms with van der Waals surface area (Å²) in [5.74, 6) is -3.27. The summed E-state index contributed by atoms with van der Waals surface area (Å²) in [5.41, 5.74) is 0.131. The molecule has 4 heteroatoms. The standard InChI is InChI=1S/C13H10F2O2/c14-12(15)11(13(16)17)10-6-5-8-3-1-2-4-9(8)7-10/h1-7,11-12H,(H,16,17). The van der Waals surface area contributed by atoms with Gasteiger partial charge >= 0.3 is 5.97 Å². The van der Waals surface area contributed by atoms with Crippen molar-refractivity contribution in [2.45, 2.75) is 12.3 Å². The number of alkyl halides is 2. The van der Waals surface area contributed by atoms with Gasteiger partial charge in [-0.3, -0.25) is 4.79 Å². The Morgan fingerprint density at radius 1 is 1.06 bits per heavy atom. The van der Waals surface area contributed by atoms with E-state index in [1.807, 2.05) is 12.1 Å². The number of aliphatic carboxylic acids is 1. The fourth-order valence-electron chi connectivity index (χ4n) is 1.80. The van der Waals surface area contributed by atoms with Gasteiger partial charge < -0.3 is 5.11 Å². The Kier molecular flexibility index (Phi) is 3.04. The molecular formula is C13H10F2O2. The van der Waals surface area contributed by atoms with Crippen molar-refractivity contribution in [3.05, 3.63) is 48.0 Å². The summed E-state index contributed by atoms with van der Waals surface area (Å²) in [4.78, 5) is 10.8. The third kappa shape index (κ3) is 2.25. The topological polar surface area (TPSA) is 37.3 Å². The van der Waals surface area contributed by atoms with Gasteiger partial charge in [0.25, 0.3) is 6.43 Å². The molecule has 0 radical (unpaired) electrons. The lowest BCUT2D eigenvalue weighted by Crippen LogP contribution is -2.19. The van der Waals surface area contributed by atoms with E-state index in [-0.39, 0.29) is 5.56 Å². The number of hydrogen-bond acceptors (Lipinski definition) is 1. The second-order valence-electron chi connectivity index (χ2n) is 3.76. The number of halogens is 2. The molecule has 0 amide bonds. The van der Waals surface area contributed by atoms with E-state index >= 15 is 0 Å². The molecule has 88 valence electrons. The maximum atomic E-state index is 12.7. The number of benzene rings is 2. The quantitative estimate of drug-likeness (QED) is 0.887. The van der Waals surface area contributed by atoms with Crippen LogP contribution in [0.1, 0.15) is 11.5 Å². The number of carboxylic acid groups (broad SMARTS) is 1. The lowest BCUT2D eigenvalue weighted by molar-refractivity contribution is -0.142. The summed E-state index contributed by atoms with van der Waals surface area (Å²) in [7, 11) is 0. The summed E-state index contributed by atoms with van der Waals surface area (Å²) in [6, 6.07) is 11.8. The third-order valence-corrected chi connectivity index (χ3v) is 2.65. The molecule has 2 nitrogen and oxygen atoms in total. The van der Waals surface area contributed by atoms with Crippen molar-refractivity contribution in [2.75, 3.05) is 0 Å². The van der Waals surface area contributed by atoms with E-state index in [0.717, 1.165) is 10.8 Å². The molecule has 0 saturated carbocycles. The smallest absolute Gasteiger partial charge is 0.316 e. The molecule has 0 aliphatic heterocycles. The SMILES string of the molecule is O=C(O)C(c1ccc2ccccc2c1)C(F)F. The van der Waals surface area contributed by atoms with Crippen LogP contribution in [0.15, 0.2) is 42.5 Å². The Bertz CT molecular complexity index is 552. The number of fused-ring (bicyclic) bond motifs is 1. The van der Waals surface area contributed by atoms with E-state index in [0.29, 0.717) is 0 Å². The van der Waals surface area contributed by atoms with Crippen LogP contribution in [0.3, 0.4) is 0 Å². The van der Waals surface area contributed by atoms with Crippen LogP contribution in [0.5, 0.6) is 0 Å². The minimum absolute atomic E-state index is 0.131. The molecule has 0 heterocycles. The molecule has 0 aliphatic rings. The van der Waals surface area contributed by atoms with Gasteiger partial charge in [-0.05, 0) is 16.3 Å². The van der Waals surface area contributed by atoms with E-state index in [1.165, 1.54) is 12.1 Å². The molecular weight excluding hydrogens is 226 g/mol. The predicted molar refractivity (Wildman–Crippen MR) is 60.3 cm³/mol. The molecule has 1 unspecified atom stereocenters. The average Bonchev–Trinajstić information content (AvgIpc) is 2.28. The Morgan fingerprint density at radius 2 is 1.71 bits per heavy atom.